The van der Waals surface area contributed by atoms with E-state index >= 15 is 0 Å². The summed E-state index contributed by atoms with van der Waals surface area (Å²) in [6.45, 7) is 5.57. The molecule has 0 spiro atoms. The normalized spacial score (nSPS) is 10.1. The van der Waals surface area contributed by atoms with Crippen molar-refractivity contribution in [2.24, 2.45) is 0 Å². The van der Waals surface area contributed by atoms with Crippen LogP contribution in [-0.2, 0) is 0 Å². The second-order valence-corrected chi connectivity index (χ2v) is 3.81. The molecule has 0 radical (unpaired) electrons. The highest BCUT2D eigenvalue weighted by Crippen LogP contribution is 2.24. The van der Waals surface area contributed by atoms with Crippen LogP contribution in [-0.4, -0.2) is 0 Å². The third kappa shape index (κ3) is 2.03. The summed E-state index contributed by atoms with van der Waals surface area (Å²) in [6, 6.07) is 13.0. The lowest BCUT2D eigenvalue weighted by atomic mass is 10.0. The summed E-state index contributed by atoms with van der Waals surface area (Å²) in [5.41, 5.74) is 3.50. The van der Waals surface area contributed by atoms with Crippen LogP contribution in [0.15, 0.2) is 49.0 Å². The Labute approximate surface area is 95.1 Å². The molecule has 0 aromatic heterocycles. The third-order valence-electron chi connectivity index (χ3n) is 2.58. The second-order valence-electron chi connectivity index (χ2n) is 3.81. The molecule has 0 amide bonds. The number of hydrogen-bond donors (Lipinski definition) is 0. The molecule has 0 nitrogen and oxygen atoms in total. The van der Waals surface area contributed by atoms with E-state index in [0.717, 1.165) is 16.7 Å². The van der Waals surface area contributed by atoms with Crippen molar-refractivity contribution in [3.63, 3.8) is 0 Å². The fourth-order valence-corrected chi connectivity index (χ4v) is 1.65. The maximum Gasteiger partial charge on any atom is 0.131 e. The van der Waals surface area contributed by atoms with Gasteiger partial charge in [0.05, 0.1) is 0 Å². The molecular weight excluding hydrogens is 199 g/mol. The Morgan fingerprint density at radius 3 is 2.31 bits per heavy atom. The van der Waals surface area contributed by atoms with Crippen molar-refractivity contribution in [2.75, 3.05) is 0 Å². The van der Waals surface area contributed by atoms with Crippen LogP contribution in [0.2, 0.25) is 0 Å². The van der Waals surface area contributed by atoms with Crippen molar-refractivity contribution in [3.8, 4) is 11.1 Å². The predicted octanol–water partition coefficient (Wildman–Crippen LogP) is 4.44. The molecular formula is C15H13F. The Balaban J connectivity index is 2.46. The summed E-state index contributed by atoms with van der Waals surface area (Å²) in [5, 5.41) is 0. The van der Waals surface area contributed by atoms with Gasteiger partial charge in [-0.25, -0.2) is 4.39 Å². The summed E-state index contributed by atoms with van der Waals surface area (Å²) >= 11 is 0. The average molecular weight is 212 g/mol. The van der Waals surface area contributed by atoms with Gasteiger partial charge in [-0.15, -0.1) is 0 Å². The Hall–Kier alpha value is -1.89. The standard InChI is InChI=1S/C15H13F/c1-3-12-5-7-13(8-6-12)14-9-4-11(2)10-15(14)16/h3-10H,1H2,2H3. The molecule has 0 aliphatic carbocycles. The van der Waals surface area contributed by atoms with Crippen LogP contribution >= 0.6 is 0 Å². The van der Waals surface area contributed by atoms with E-state index in [1.165, 1.54) is 0 Å². The molecule has 0 N–H and O–H groups in total. The minimum absolute atomic E-state index is 0.175. The molecule has 80 valence electrons. The monoisotopic (exact) mass is 212 g/mol. The van der Waals surface area contributed by atoms with Gasteiger partial charge in [-0.2, -0.15) is 0 Å². The van der Waals surface area contributed by atoms with Crippen LogP contribution in [0.1, 0.15) is 11.1 Å². The maximum atomic E-state index is 13.7. The van der Waals surface area contributed by atoms with Crippen molar-refractivity contribution in [2.45, 2.75) is 6.92 Å². The number of benzene rings is 2. The van der Waals surface area contributed by atoms with Crippen molar-refractivity contribution >= 4 is 6.08 Å². The minimum Gasteiger partial charge on any atom is -0.206 e. The first-order valence-electron chi connectivity index (χ1n) is 5.20. The molecule has 0 aliphatic heterocycles. The molecule has 2 aromatic carbocycles. The minimum atomic E-state index is -0.175. The van der Waals surface area contributed by atoms with Crippen LogP contribution < -0.4 is 0 Å². The molecule has 0 heterocycles. The summed E-state index contributed by atoms with van der Waals surface area (Å²) in [4.78, 5) is 0. The summed E-state index contributed by atoms with van der Waals surface area (Å²) in [6.07, 6.45) is 1.77. The third-order valence-corrected chi connectivity index (χ3v) is 2.58. The summed E-state index contributed by atoms with van der Waals surface area (Å²) < 4.78 is 13.7. The Bertz CT molecular complexity index is 509. The molecule has 2 rings (SSSR count). The maximum absolute atomic E-state index is 13.7. The lowest BCUT2D eigenvalue weighted by molar-refractivity contribution is 0.630. The van der Waals surface area contributed by atoms with E-state index in [-0.39, 0.29) is 5.82 Å². The van der Waals surface area contributed by atoms with Crippen LogP contribution in [0.25, 0.3) is 17.2 Å². The Kier molecular flexibility index (Phi) is 2.86. The zero-order chi connectivity index (χ0) is 11.5. The largest absolute Gasteiger partial charge is 0.206 e. The number of halogens is 1. The van der Waals surface area contributed by atoms with Gasteiger partial charge in [0.2, 0.25) is 0 Å². The summed E-state index contributed by atoms with van der Waals surface area (Å²) in [5.74, 6) is -0.175. The van der Waals surface area contributed by atoms with E-state index < -0.39 is 0 Å². The van der Waals surface area contributed by atoms with Gasteiger partial charge in [0.1, 0.15) is 5.82 Å². The predicted molar refractivity (Wildman–Crippen MR) is 66.7 cm³/mol. The van der Waals surface area contributed by atoms with Gasteiger partial charge >= 0.3 is 0 Å². The highest BCUT2D eigenvalue weighted by Gasteiger charge is 2.04. The van der Waals surface area contributed by atoms with Crippen LogP contribution in [0.5, 0.6) is 0 Å². The van der Waals surface area contributed by atoms with E-state index in [0.29, 0.717) is 5.56 Å². The number of rotatable bonds is 2. The first-order chi connectivity index (χ1) is 7.70. The van der Waals surface area contributed by atoms with E-state index in [1.807, 2.05) is 43.3 Å². The van der Waals surface area contributed by atoms with Gasteiger partial charge in [-0.05, 0) is 29.7 Å². The summed E-state index contributed by atoms with van der Waals surface area (Å²) in [7, 11) is 0. The Morgan fingerprint density at radius 2 is 1.75 bits per heavy atom. The smallest absolute Gasteiger partial charge is 0.131 e. The first kappa shape index (κ1) is 10.6. The van der Waals surface area contributed by atoms with Crippen LogP contribution in [0, 0.1) is 12.7 Å². The lowest BCUT2D eigenvalue weighted by Gasteiger charge is -2.04. The highest BCUT2D eigenvalue weighted by atomic mass is 19.1. The quantitative estimate of drug-likeness (QED) is 0.690. The zero-order valence-electron chi connectivity index (χ0n) is 9.20. The fraction of sp³-hybridized carbons (Fsp3) is 0.0667. The number of aryl methyl sites for hydroxylation is 1. The van der Waals surface area contributed by atoms with Gasteiger partial charge in [0.15, 0.2) is 0 Å². The Morgan fingerprint density at radius 1 is 1.06 bits per heavy atom. The van der Waals surface area contributed by atoms with Crippen molar-refractivity contribution in [1.29, 1.82) is 0 Å². The van der Waals surface area contributed by atoms with Crippen LogP contribution in [0.4, 0.5) is 4.39 Å². The van der Waals surface area contributed by atoms with E-state index in [1.54, 1.807) is 12.1 Å². The molecule has 0 fully saturated rings. The lowest BCUT2D eigenvalue weighted by Crippen LogP contribution is -1.85. The molecule has 16 heavy (non-hydrogen) atoms. The van der Waals surface area contributed by atoms with Gasteiger partial charge < -0.3 is 0 Å². The second kappa shape index (κ2) is 4.31. The zero-order valence-corrected chi connectivity index (χ0v) is 9.20. The number of hydrogen-bond acceptors (Lipinski definition) is 0. The highest BCUT2D eigenvalue weighted by molar-refractivity contribution is 5.66. The molecule has 2 aromatic rings. The van der Waals surface area contributed by atoms with Crippen molar-refractivity contribution in [3.05, 3.63) is 66.0 Å². The van der Waals surface area contributed by atoms with E-state index in [4.69, 9.17) is 0 Å². The molecule has 1 heteroatoms. The van der Waals surface area contributed by atoms with Crippen LogP contribution in [0.3, 0.4) is 0 Å². The molecule has 0 unspecified atom stereocenters. The van der Waals surface area contributed by atoms with Crippen molar-refractivity contribution in [1.82, 2.24) is 0 Å². The van der Waals surface area contributed by atoms with E-state index in [2.05, 4.69) is 6.58 Å². The van der Waals surface area contributed by atoms with Crippen molar-refractivity contribution < 1.29 is 4.39 Å². The fourth-order valence-electron chi connectivity index (χ4n) is 1.65. The van der Waals surface area contributed by atoms with Gasteiger partial charge in [0.25, 0.3) is 0 Å². The van der Waals surface area contributed by atoms with Gasteiger partial charge in [0, 0.05) is 5.56 Å². The first-order valence-corrected chi connectivity index (χ1v) is 5.20. The molecule has 0 aliphatic rings. The molecule has 0 bridgehead atoms. The van der Waals surface area contributed by atoms with E-state index in [9.17, 15) is 4.39 Å². The average Bonchev–Trinajstić information content (AvgIpc) is 2.29. The SMILES string of the molecule is C=Cc1ccc(-c2ccc(C)cc2F)cc1. The van der Waals surface area contributed by atoms with Gasteiger partial charge in [-0.3, -0.25) is 0 Å². The topological polar surface area (TPSA) is 0 Å². The van der Waals surface area contributed by atoms with Gasteiger partial charge in [-0.1, -0.05) is 49.1 Å². The molecule has 0 saturated carbocycles. The molecule has 0 saturated heterocycles. The molecule has 0 atom stereocenters.